The number of aromatic nitrogens is 1. The fraction of sp³-hybridized carbons (Fsp3) is 0.348. The second-order valence-electron chi connectivity index (χ2n) is 8.16. The summed E-state index contributed by atoms with van der Waals surface area (Å²) in [4.78, 5) is 4.35. The summed E-state index contributed by atoms with van der Waals surface area (Å²) in [6, 6.07) is 6.88. The molecule has 3 atom stereocenters. The van der Waals surface area contributed by atoms with Gasteiger partial charge in [-0.05, 0) is 61.6 Å². The van der Waals surface area contributed by atoms with Crippen LogP contribution in [-0.2, 0) is 0 Å². The van der Waals surface area contributed by atoms with Gasteiger partial charge in [-0.3, -0.25) is 4.98 Å². The van der Waals surface area contributed by atoms with Crippen molar-refractivity contribution >= 4 is 16.6 Å². The molecule has 4 rings (SSSR count). The minimum absolute atomic E-state index is 0.0776. The van der Waals surface area contributed by atoms with Crippen LogP contribution >= 0.6 is 0 Å². The summed E-state index contributed by atoms with van der Waals surface area (Å²) in [5.74, 6) is -5.08. The third-order valence-electron chi connectivity index (χ3n) is 6.17. The van der Waals surface area contributed by atoms with Crippen LogP contribution in [-0.4, -0.2) is 27.0 Å². The number of halogens is 5. The van der Waals surface area contributed by atoms with Crippen LogP contribution in [0.4, 0.5) is 27.6 Å². The number of aryl methyl sites for hydroxylation is 1. The molecule has 1 aliphatic rings. The van der Waals surface area contributed by atoms with Gasteiger partial charge in [-0.2, -0.15) is 17.6 Å². The number of pyridine rings is 1. The van der Waals surface area contributed by atoms with Gasteiger partial charge < -0.3 is 15.5 Å². The topological polar surface area (TPSA) is 65.4 Å². The molecular weight excluding hydrogens is 431 g/mol. The van der Waals surface area contributed by atoms with Crippen LogP contribution in [0.5, 0.6) is 5.75 Å². The molecule has 0 aliphatic heterocycles. The van der Waals surface area contributed by atoms with Gasteiger partial charge in [-0.25, -0.2) is 4.39 Å². The maximum Gasteiger partial charge on any atom is 0.419 e. The Morgan fingerprint density at radius 3 is 2.56 bits per heavy atom. The lowest BCUT2D eigenvalue weighted by atomic mass is 9.69. The number of hydrogen-bond donors (Lipinski definition) is 3. The fourth-order valence-corrected chi connectivity index (χ4v) is 4.53. The van der Waals surface area contributed by atoms with Gasteiger partial charge in [0.15, 0.2) is 17.2 Å². The number of nitrogens with one attached hydrogen (secondary N) is 1. The van der Waals surface area contributed by atoms with E-state index in [9.17, 15) is 32.2 Å². The zero-order chi connectivity index (χ0) is 23.4. The summed E-state index contributed by atoms with van der Waals surface area (Å²) < 4.78 is 70.9. The highest BCUT2D eigenvalue weighted by Crippen LogP contribution is 2.55. The minimum atomic E-state index is -5.09. The predicted octanol–water partition coefficient (Wildman–Crippen LogP) is 5.87. The number of phenolic OH excluding ortho intramolecular Hbond substituents is 1. The number of hydrogen-bond acceptors (Lipinski definition) is 4. The Balaban J connectivity index is 1.96. The molecule has 3 unspecified atom stereocenters. The van der Waals surface area contributed by atoms with Crippen LogP contribution < -0.4 is 5.32 Å². The van der Waals surface area contributed by atoms with E-state index in [1.54, 1.807) is 38.1 Å². The fourth-order valence-electron chi connectivity index (χ4n) is 4.53. The first-order valence-corrected chi connectivity index (χ1v) is 10.1. The highest BCUT2D eigenvalue weighted by atomic mass is 19.4. The SMILES string of the molecule is CCC1CC(O)(C(F)(F)F)C(Nc2cccc3nc(C)ccc23)c2cc(F)c(F)c(O)c21. The summed E-state index contributed by atoms with van der Waals surface area (Å²) in [5.41, 5.74) is -2.31. The van der Waals surface area contributed by atoms with Crippen LogP contribution in [0.15, 0.2) is 36.4 Å². The molecule has 0 saturated carbocycles. The highest BCUT2D eigenvalue weighted by molar-refractivity contribution is 5.91. The van der Waals surface area contributed by atoms with E-state index in [4.69, 9.17) is 0 Å². The van der Waals surface area contributed by atoms with E-state index in [-0.39, 0.29) is 23.2 Å². The molecule has 0 saturated heterocycles. The zero-order valence-electron chi connectivity index (χ0n) is 17.3. The molecule has 2 aromatic carbocycles. The molecule has 32 heavy (non-hydrogen) atoms. The zero-order valence-corrected chi connectivity index (χ0v) is 17.3. The molecule has 0 bridgehead atoms. The van der Waals surface area contributed by atoms with Crippen molar-refractivity contribution in [2.45, 2.75) is 50.4 Å². The molecule has 3 aromatic rings. The smallest absolute Gasteiger partial charge is 0.419 e. The standard InChI is InChI=1S/C23H21F5N2O2/c1-3-12-10-22(32,23(26,27)28)21(14-9-15(24)19(25)20(31)18(12)14)30-17-6-4-5-16-13(17)8-7-11(2)29-16/h4-9,12,21,30-32H,3,10H2,1-2H3. The number of alkyl halides is 3. The quantitative estimate of drug-likeness (QED) is 0.435. The molecule has 0 radical (unpaired) electrons. The van der Waals surface area contributed by atoms with Gasteiger partial charge in [0.05, 0.1) is 11.6 Å². The third-order valence-corrected chi connectivity index (χ3v) is 6.17. The summed E-state index contributed by atoms with van der Waals surface area (Å²) in [6.45, 7) is 3.32. The lowest BCUT2D eigenvalue weighted by Gasteiger charge is -2.46. The Hall–Kier alpha value is -2.94. The summed E-state index contributed by atoms with van der Waals surface area (Å²) in [7, 11) is 0. The van der Waals surface area contributed by atoms with E-state index in [1.165, 1.54) is 6.07 Å². The van der Waals surface area contributed by atoms with Gasteiger partial charge in [0, 0.05) is 22.3 Å². The Labute approximate surface area is 180 Å². The van der Waals surface area contributed by atoms with Crippen molar-refractivity contribution in [3.05, 3.63) is 64.9 Å². The monoisotopic (exact) mass is 452 g/mol. The van der Waals surface area contributed by atoms with Crippen molar-refractivity contribution in [2.24, 2.45) is 0 Å². The molecule has 1 aliphatic carbocycles. The Morgan fingerprint density at radius 2 is 1.91 bits per heavy atom. The summed E-state index contributed by atoms with van der Waals surface area (Å²) in [6.07, 6.45) is -5.83. The van der Waals surface area contributed by atoms with Gasteiger partial charge in [0.25, 0.3) is 0 Å². The highest BCUT2D eigenvalue weighted by Gasteiger charge is 2.62. The molecule has 4 nitrogen and oxygen atoms in total. The molecule has 9 heteroatoms. The average Bonchev–Trinajstić information content (AvgIpc) is 2.72. The number of phenols is 1. The lowest BCUT2D eigenvalue weighted by molar-refractivity contribution is -0.272. The van der Waals surface area contributed by atoms with Gasteiger partial charge in [0.2, 0.25) is 5.82 Å². The van der Waals surface area contributed by atoms with Crippen molar-refractivity contribution < 1.29 is 32.2 Å². The van der Waals surface area contributed by atoms with E-state index < -0.39 is 47.5 Å². The predicted molar refractivity (Wildman–Crippen MR) is 110 cm³/mol. The van der Waals surface area contributed by atoms with Crippen LogP contribution in [0.25, 0.3) is 10.9 Å². The van der Waals surface area contributed by atoms with Crippen LogP contribution in [0.3, 0.4) is 0 Å². The maximum absolute atomic E-state index is 14.2. The van der Waals surface area contributed by atoms with Crippen molar-refractivity contribution in [2.75, 3.05) is 5.32 Å². The van der Waals surface area contributed by atoms with Crippen molar-refractivity contribution in [3.63, 3.8) is 0 Å². The molecular formula is C23H21F5N2O2. The van der Waals surface area contributed by atoms with E-state index >= 15 is 0 Å². The molecule has 0 spiro atoms. The first kappa shape index (κ1) is 22.3. The van der Waals surface area contributed by atoms with Gasteiger partial charge in [-0.1, -0.05) is 13.0 Å². The number of anilines is 1. The number of nitrogens with zero attached hydrogens (tertiary/aromatic N) is 1. The van der Waals surface area contributed by atoms with Crippen molar-refractivity contribution in [1.82, 2.24) is 4.98 Å². The van der Waals surface area contributed by atoms with Crippen LogP contribution in [0, 0.1) is 18.6 Å². The summed E-state index contributed by atoms with van der Waals surface area (Å²) >= 11 is 0. The lowest BCUT2D eigenvalue weighted by Crippen LogP contribution is -2.55. The molecule has 3 N–H and O–H groups in total. The van der Waals surface area contributed by atoms with Gasteiger partial charge >= 0.3 is 6.18 Å². The number of aromatic hydroxyl groups is 1. The number of benzene rings is 2. The van der Waals surface area contributed by atoms with E-state index in [0.29, 0.717) is 22.7 Å². The largest absolute Gasteiger partial charge is 0.505 e. The first-order chi connectivity index (χ1) is 15.0. The Bertz CT molecular complexity index is 1200. The average molecular weight is 452 g/mol. The van der Waals surface area contributed by atoms with Gasteiger partial charge in [-0.15, -0.1) is 0 Å². The number of fused-ring (bicyclic) bond motifs is 2. The molecule has 170 valence electrons. The Morgan fingerprint density at radius 1 is 1.19 bits per heavy atom. The number of aliphatic hydroxyl groups is 1. The second kappa shape index (κ2) is 7.58. The van der Waals surface area contributed by atoms with Gasteiger partial charge in [0.1, 0.15) is 0 Å². The van der Waals surface area contributed by atoms with E-state index in [1.807, 2.05) is 0 Å². The molecule has 0 fully saturated rings. The summed E-state index contributed by atoms with van der Waals surface area (Å²) in [5, 5.41) is 24.4. The normalized spacial score (nSPS) is 23.2. The third kappa shape index (κ3) is 3.35. The first-order valence-electron chi connectivity index (χ1n) is 10.1. The minimum Gasteiger partial charge on any atom is -0.505 e. The number of rotatable bonds is 3. The van der Waals surface area contributed by atoms with Crippen LogP contribution in [0.1, 0.15) is 48.5 Å². The van der Waals surface area contributed by atoms with Crippen molar-refractivity contribution in [3.8, 4) is 5.75 Å². The molecule has 1 aromatic heterocycles. The van der Waals surface area contributed by atoms with Crippen molar-refractivity contribution in [1.29, 1.82) is 0 Å². The van der Waals surface area contributed by atoms with E-state index in [0.717, 1.165) is 0 Å². The van der Waals surface area contributed by atoms with Crippen LogP contribution in [0.2, 0.25) is 0 Å². The second-order valence-corrected chi connectivity index (χ2v) is 8.16. The maximum atomic E-state index is 14.2. The molecule has 0 amide bonds. The Kier molecular flexibility index (Phi) is 5.27. The van der Waals surface area contributed by atoms with E-state index in [2.05, 4.69) is 10.3 Å². The molecule has 1 heterocycles.